The predicted molar refractivity (Wildman–Crippen MR) is 114 cm³/mol. The highest BCUT2D eigenvalue weighted by molar-refractivity contribution is 5.88. The number of amides is 2. The quantitative estimate of drug-likeness (QED) is 0.721. The van der Waals surface area contributed by atoms with Crippen LogP contribution in [0, 0.1) is 33.5 Å². The maximum Gasteiger partial charge on any atom is 0.226 e. The first kappa shape index (κ1) is 20.3. The molecule has 30 heavy (non-hydrogen) atoms. The average molecular weight is 412 g/mol. The van der Waals surface area contributed by atoms with Gasteiger partial charge in [-0.15, -0.1) is 0 Å². The molecule has 0 radical (unpaired) electrons. The van der Waals surface area contributed by atoms with Gasteiger partial charge in [0.15, 0.2) is 0 Å². The highest BCUT2D eigenvalue weighted by Gasteiger charge is 2.68. The molecule has 0 aliphatic heterocycles. The Morgan fingerprint density at radius 3 is 1.60 bits per heavy atom. The van der Waals surface area contributed by atoms with Gasteiger partial charge in [0.25, 0.3) is 0 Å². The summed E-state index contributed by atoms with van der Waals surface area (Å²) >= 11 is 0. The Morgan fingerprint density at radius 1 is 0.700 bits per heavy atom. The van der Waals surface area contributed by atoms with Gasteiger partial charge in [-0.25, -0.2) is 0 Å². The smallest absolute Gasteiger partial charge is 0.226 e. The first-order chi connectivity index (χ1) is 14.5. The SMILES string of the molecule is N#CC12CC3CC(C(=O)NC4CCCCC4)(C1)CC(C(=O)NC1CCCCC1)(C3)C2. The van der Waals surface area contributed by atoms with E-state index in [0.717, 1.165) is 44.9 Å². The Labute approximate surface area is 180 Å². The minimum atomic E-state index is -0.517. The molecular weight excluding hydrogens is 374 g/mol. The number of hydrogen-bond acceptors (Lipinski definition) is 3. The molecule has 0 heterocycles. The molecule has 0 aromatic rings. The molecule has 2 atom stereocenters. The highest BCUT2D eigenvalue weighted by atomic mass is 16.2. The summed E-state index contributed by atoms with van der Waals surface area (Å²) in [6.07, 6.45) is 16.2. The summed E-state index contributed by atoms with van der Waals surface area (Å²) in [6.45, 7) is 0. The molecule has 4 bridgehead atoms. The van der Waals surface area contributed by atoms with E-state index in [1.807, 2.05) is 0 Å². The fourth-order valence-electron chi connectivity index (χ4n) is 8.24. The van der Waals surface area contributed by atoms with Gasteiger partial charge in [-0.05, 0) is 70.1 Å². The van der Waals surface area contributed by atoms with Crippen molar-refractivity contribution in [2.75, 3.05) is 0 Å². The van der Waals surface area contributed by atoms with Gasteiger partial charge in [0.05, 0.1) is 22.3 Å². The lowest BCUT2D eigenvalue weighted by Crippen LogP contribution is -2.65. The number of nitrogens with zero attached hydrogens (tertiary/aromatic N) is 1. The van der Waals surface area contributed by atoms with E-state index in [-0.39, 0.29) is 23.9 Å². The number of nitriles is 1. The zero-order valence-corrected chi connectivity index (χ0v) is 18.3. The van der Waals surface area contributed by atoms with Crippen molar-refractivity contribution in [1.82, 2.24) is 10.6 Å². The second kappa shape index (κ2) is 7.53. The van der Waals surface area contributed by atoms with Crippen molar-refractivity contribution in [3.63, 3.8) is 0 Å². The molecule has 6 fully saturated rings. The van der Waals surface area contributed by atoms with Gasteiger partial charge < -0.3 is 10.6 Å². The van der Waals surface area contributed by atoms with E-state index in [1.54, 1.807) is 0 Å². The van der Waals surface area contributed by atoms with E-state index < -0.39 is 16.2 Å². The van der Waals surface area contributed by atoms with Crippen molar-refractivity contribution in [3.8, 4) is 6.07 Å². The Hall–Kier alpha value is -1.57. The standard InChI is InChI=1S/C25H37N3O2/c26-17-23-11-18-12-24(14-23,21(29)27-19-7-3-1-4-8-19)16-25(13-18,15-23)22(30)28-20-9-5-2-6-10-20/h18-20H,1-16H2,(H,27,29)(H,28,30). The van der Waals surface area contributed by atoms with Crippen LogP contribution in [0.4, 0.5) is 0 Å². The maximum absolute atomic E-state index is 13.6. The molecule has 5 nitrogen and oxygen atoms in total. The van der Waals surface area contributed by atoms with Crippen LogP contribution in [0.1, 0.15) is 103 Å². The van der Waals surface area contributed by atoms with Gasteiger partial charge in [-0.3, -0.25) is 9.59 Å². The molecule has 6 aliphatic rings. The Kier molecular flexibility index (Phi) is 5.11. The molecule has 0 spiro atoms. The Bertz CT molecular complexity index is 696. The van der Waals surface area contributed by atoms with Crippen LogP contribution < -0.4 is 10.6 Å². The third-order valence-corrected chi connectivity index (χ3v) is 9.15. The zero-order chi connectivity index (χ0) is 20.8. The normalized spacial score (nSPS) is 41.2. The molecule has 6 rings (SSSR count). The van der Waals surface area contributed by atoms with Gasteiger partial charge in [-0.1, -0.05) is 38.5 Å². The van der Waals surface area contributed by atoms with Crippen LogP contribution in [0.15, 0.2) is 0 Å². The second-order valence-electron chi connectivity index (χ2n) is 11.6. The van der Waals surface area contributed by atoms with Crippen LogP contribution in [0.3, 0.4) is 0 Å². The van der Waals surface area contributed by atoms with E-state index in [2.05, 4.69) is 16.7 Å². The van der Waals surface area contributed by atoms with Gasteiger partial charge in [0.1, 0.15) is 0 Å². The monoisotopic (exact) mass is 411 g/mol. The third-order valence-electron chi connectivity index (χ3n) is 9.15. The van der Waals surface area contributed by atoms with Crippen LogP contribution in [0.25, 0.3) is 0 Å². The molecular formula is C25H37N3O2. The van der Waals surface area contributed by atoms with Crippen LogP contribution in [-0.2, 0) is 9.59 Å². The van der Waals surface area contributed by atoms with Crippen molar-refractivity contribution in [2.24, 2.45) is 22.2 Å². The lowest BCUT2D eigenvalue weighted by atomic mass is 9.39. The highest BCUT2D eigenvalue weighted by Crippen LogP contribution is 2.69. The number of carbonyl (C=O) groups is 2. The van der Waals surface area contributed by atoms with Crippen LogP contribution in [-0.4, -0.2) is 23.9 Å². The fraction of sp³-hybridized carbons (Fsp3) is 0.880. The van der Waals surface area contributed by atoms with Crippen molar-refractivity contribution in [1.29, 1.82) is 5.26 Å². The predicted octanol–water partition coefficient (Wildman–Crippen LogP) is 4.36. The van der Waals surface area contributed by atoms with E-state index in [9.17, 15) is 14.9 Å². The van der Waals surface area contributed by atoms with Crippen molar-refractivity contribution < 1.29 is 9.59 Å². The molecule has 6 aliphatic carbocycles. The largest absolute Gasteiger partial charge is 0.353 e. The molecule has 0 aromatic heterocycles. The third kappa shape index (κ3) is 3.45. The Balaban J connectivity index is 1.39. The molecule has 2 N–H and O–H groups in total. The minimum absolute atomic E-state index is 0.146. The summed E-state index contributed by atoms with van der Waals surface area (Å²) in [5.74, 6) is 0.621. The first-order valence-electron chi connectivity index (χ1n) is 12.5. The molecule has 0 saturated heterocycles. The topological polar surface area (TPSA) is 82.0 Å². The van der Waals surface area contributed by atoms with E-state index in [4.69, 9.17) is 0 Å². The number of rotatable bonds is 4. The summed E-state index contributed by atoms with van der Waals surface area (Å²) in [5.41, 5.74) is -1.53. The molecule has 0 aromatic carbocycles. The van der Waals surface area contributed by atoms with E-state index in [1.165, 1.54) is 38.5 Å². The minimum Gasteiger partial charge on any atom is -0.353 e. The summed E-state index contributed by atoms with van der Waals surface area (Å²) < 4.78 is 0. The van der Waals surface area contributed by atoms with Crippen molar-refractivity contribution in [3.05, 3.63) is 0 Å². The average Bonchev–Trinajstić information content (AvgIpc) is 2.74. The molecule has 6 saturated carbocycles. The van der Waals surface area contributed by atoms with Gasteiger partial charge >= 0.3 is 0 Å². The van der Waals surface area contributed by atoms with Gasteiger partial charge in [-0.2, -0.15) is 5.26 Å². The summed E-state index contributed by atoms with van der Waals surface area (Å²) in [4.78, 5) is 27.3. The number of hydrogen-bond donors (Lipinski definition) is 2. The van der Waals surface area contributed by atoms with Gasteiger partial charge in [0.2, 0.25) is 11.8 Å². The molecule has 2 amide bonds. The molecule has 164 valence electrons. The number of carbonyl (C=O) groups excluding carboxylic acids is 2. The second-order valence-corrected chi connectivity index (χ2v) is 11.6. The summed E-state index contributed by atoms with van der Waals surface area (Å²) in [6, 6.07) is 3.18. The van der Waals surface area contributed by atoms with Crippen molar-refractivity contribution in [2.45, 2.75) is 115 Å². The van der Waals surface area contributed by atoms with Crippen LogP contribution in [0.5, 0.6) is 0 Å². The summed E-state index contributed by atoms with van der Waals surface area (Å²) in [5, 5.41) is 16.9. The molecule has 5 heteroatoms. The van der Waals surface area contributed by atoms with Gasteiger partial charge in [0, 0.05) is 12.1 Å². The Morgan fingerprint density at radius 2 is 1.17 bits per heavy atom. The van der Waals surface area contributed by atoms with E-state index in [0.29, 0.717) is 25.2 Å². The van der Waals surface area contributed by atoms with Crippen LogP contribution in [0.2, 0.25) is 0 Å². The zero-order valence-electron chi connectivity index (χ0n) is 18.3. The maximum atomic E-state index is 13.6. The fourth-order valence-corrected chi connectivity index (χ4v) is 8.24. The molecule has 2 unspecified atom stereocenters. The van der Waals surface area contributed by atoms with E-state index >= 15 is 0 Å². The number of nitrogens with one attached hydrogen (secondary N) is 2. The lowest BCUT2D eigenvalue weighted by Gasteiger charge is -2.63. The van der Waals surface area contributed by atoms with Crippen molar-refractivity contribution >= 4 is 11.8 Å². The first-order valence-corrected chi connectivity index (χ1v) is 12.5. The lowest BCUT2D eigenvalue weighted by molar-refractivity contribution is -0.176. The summed E-state index contributed by atoms with van der Waals surface area (Å²) in [7, 11) is 0. The van der Waals surface area contributed by atoms with Crippen LogP contribution >= 0.6 is 0 Å².